The van der Waals surface area contributed by atoms with E-state index in [0.29, 0.717) is 17.2 Å². The van der Waals surface area contributed by atoms with Crippen molar-refractivity contribution in [2.45, 2.75) is 43.9 Å². The molecular formula is C19H21N3O4S. The number of carbonyl (C=O) groups excluding carboxylic acids is 2. The van der Waals surface area contributed by atoms with E-state index < -0.39 is 17.9 Å². The van der Waals surface area contributed by atoms with Crippen molar-refractivity contribution in [1.82, 2.24) is 5.32 Å². The summed E-state index contributed by atoms with van der Waals surface area (Å²) in [4.78, 5) is 24.6. The Hall–Kier alpha value is -2.74. The largest absolute Gasteiger partial charge is 0.448 e. The highest BCUT2D eigenvalue weighted by atomic mass is 32.1. The van der Waals surface area contributed by atoms with E-state index >= 15 is 0 Å². The molecule has 1 aromatic carbocycles. The van der Waals surface area contributed by atoms with Crippen LogP contribution in [0.4, 0.5) is 10.5 Å². The van der Waals surface area contributed by atoms with Crippen LogP contribution in [-0.2, 0) is 4.79 Å². The third-order valence-electron chi connectivity index (χ3n) is 4.78. The first kappa shape index (κ1) is 17.7. The van der Waals surface area contributed by atoms with Gasteiger partial charge in [-0.3, -0.25) is 4.79 Å². The van der Waals surface area contributed by atoms with Crippen LogP contribution in [0.2, 0.25) is 0 Å². The number of fused-ring (bicyclic) bond motifs is 1. The molecule has 142 valence electrons. The third kappa shape index (κ3) is 3.85. The molecule has 0 bridgehead atoms. The molecule has 1 aliphatic heterocycles. The van der Waals surface area contributed by atoms with E-state index in [9.17, 15) is 9.59 Å². The van der Waals surface area contributed by atoms with E-state index in [1.54, 1.807) is 12.1 Å². The van der Waals surface area contributed by atoms with Crippen LogP contribution in [0.25, 0.3) is 0 Å². The molecule has 1 unspecified atom stereocenters. The number of carbonyl (C=O) groups is 2. The summed E-state index contributed by atoms with van der Waals surface area (Å²) in [5, 5.41) is 7.36. The maximum Gasteiger partial charge on any atom is 0.312 e. The van der Waals surface area contributed by atoms with Gasteiger partial charge in [-0.05, 0) is 36.4 Å². The Morgan fingerprint density at radius 1 is 1.19 bits per heavy atom. The molecule has 3 amide bonds. The van der Waals surface area contributed by atoms with Gasteiger partial charge in [0.05, 0.1) is 12.5 Å². The van der Waals surface area contributed by atoms with Gasteiger partial charge in [-0.25, -0.2) is 4.79 Å². The first-order valence-corrected chi connectivity index (χ1v) is 9.82. The Labute approximate surface area is 160 Å². The van der Waals surface area contributed by atoms with Crippen LogP contribution in [0.5, 0.6) is 11.5 Å². The zero-order valence-corrected chi connectivity index (χ0v) is 15.5. The third-order valence-corrected chi connectivity index (χ3v) is 5.76. The molecule has 0 saturated heterocycles. The molecule has 1 spiro atoms. The van der Waals surface area contributed by atoms with Gasteiger partial charge < -0.3 is 25.8 Å². The average molecular weight is 387 g/mol. The SMILES string of the molecule is NC(=O)NC(CC(=O)Nc1ccc2c(c1)OC1(CCCC1)O2)c1cccs1. The Morgan fingerprint density at radius 3 is 2.67 bits per heavy atom. The summed E-state index contributed by atoms with van der Waals surface area (Å²) in [6.07, 6.45) is 4.03. The molecule has 2 heterocycles. The molecule has 1 aliphatic carbocycles. The minimum atomic E-state index is -0.661. The standard InChI is InChI=1S/C19H21N3O4S/c20-18(24)22-13(16-4-3-9-27-16)11-17(23)21-12-5-6-14-15(10-12)26-19(25-14)7-1-2-8-19/h3-6,9-10,13H,1-2,7-8,11H2,(H,21,23)(H3,20,22,24). The second-order valence-electron chi connectivity index (χ2n) is 6.81. The lowest BCUT2D eigenvalue weighted by Gasteiger charge is -2.21. The number of primary amides is 1. The maximum atomic E-state index is 12.5. The molecule has 1 atom stereocenters. The Bertz CT molecular complexity index is 847. The summed E-state index contributed by atoms with van der Waals surface area (Å²) in [5.41, 5.74) is 5.86. The van der Waals surface area contributed by atoms with Crippen molar-refractivity contribution in [2.75, 3.05) is 5.32 Å². The van der Waals surface area contributed by atoms with Crippen LogP contribution in [0.1, 0.15) is 43.0 Å². The minimum Gasteiger partial charge on any atom is -0.448 e. The van der Waals surface area contributed by atoms with E-state index in [-0.39, 0.29) is 12.3 Å². The monoisotopic (exact) mass is 387 g/mol. The molecule has 4 rings (SSSR count). The molecule has 4 N–H and O–H groups in total. The summed E-state index contributed by atoms with van der Waals surface area (Å²) in [7, 11) is 0. The normalized spacial score (nSPS) is 17.6. The fraction of sp³-hybridized carbons (Fsp3) is 0.368. The quantitative estimate of drug-likeness (QED) is 0.730. The number of ether oxygens (including phenoxy) is 2. The number of hydrogen-bond donors (Lipinski definition) is 3. The van der Waals surface area contributed by atoms with Crippen LogP contribution in [0, 0.1) is 0 Å². The number of hydrogen-bond acceptors (Lipinski definition) is 5. The van der Waals surface area contributed by atoms with Gasteiger partial charge in [0.25, 0.3) is 5.79 Å². The van der Waals surface area contributed by atoms with Crippen molar-refractivity contribution in [2.24, 2.45) is 5.73 Å². The van der Waals surface area contributed by atoms with Crippen molar-refractivity contribution in [3.8, 4) is 11.5 Å². The van der Waals surface area contributed by atoms with E-state index in [1.165, 1.54) is 11.3 Å². The highest BCUT2D eigenvalue weighted by molar-refractivity contribution is 7.10. The van der Waals surface area contributed by atoms with Crippen molar-refractivity contribution in [3.63, 3.8) is 0 Å². The van der Waals surface area contributed by atoms with Crippen molar-refractivity contribution < 1.29 is 19.1 Å². The van der Waals surface area contributed by atoms with Gasteiger partial charge in [0, 0.05) is 29.5 Å². The molecule has 1 saturated carbocycles. The van der Waals surface area contributed by atoms with E-state index in [2.05, 4.69) is 10.6 Å². The lowest BCUT2D eigenvalue weighted by atomic mass is 10.1. The van der Waals surface area contributed by atoms with Crippen molar-refractivity contribution in [1.29, 1.82) is 0 Å². The number of benzene rings is 1. The first-order valence-electron chi connectivity index (χ1n) is 8.94. The van der Waals surface area contributed by atoms with Crippen LogP contribution in [0.15, 0.2) is 35.7 Å². The first-order chi connectivity index (χ1) is 13.0. The van der Waals surface area contributed by atoms with Gasteiger partial charge >= 0.3 is 6.03 Å². The molecule has 1 aromatic heterocycles. The zero-order chi connectivity index (χ0) is 18.9. The number of thiophene rings is 1. The maximum absolute atomic E-state index is 12.5. The lowest BCUT2D eigenvalue weighted by Crippen LogP contribution is -2.34. The fourth-order valence-corrected chi connectivity index (χ4v) is 4.35. The molecule has 7 nitrogen and oxygen atoms in total. The highest BCUT2D eigenvalue weighted by Crippen LogP contribution is 2.47. The summed E-state index contributed by atoms with van der Waals surface area (Å²) in [6.45, 7) is 0. The minimum absolute atomic E-state index is 0.0852. The summed E-state index contributed by atoms with van der Waals surface area (Å²) >= 11 is 1.46. The topological polar surface area (TPSA) is 103 Å². The number of nitrogens with one attached hydrogen (secondary N) is 2. The van der Waals surface area contributed by atoms with Gasteiger partial charge in [0.1, 0.15) is 0 Å². The molecular weight excluding hydrogens is 366 g/mol. The predicted octanol–water partition coefficient (Wildman–Crippen LogP) is 3.53. The van der Waals surface area contributed by atoms with Crippen molar-refractivity contribution >= 4 is 29.0 Å². The second-order valence-corrected chi connectivity index (χ2v) is 7.79. The van der Waals surface area contributed by atoms with Crippen LogP contribution < -0.4 is 25.8 Å². The Kier molecular flexibility index (Phi) is 4.65. The number of urea groups is 1. The lowest BCUT2D eigenvalue weighted by molar-refractivity contribution is -0.116. The number of rotatable bonds is 5. The van der Waals surface area contributed by atoms with Gasteiger partial charge in [-0.15, -0.1) is 11.3 Å². The van der Waals surface area contributed by atoms with E-state index in [1.807, 2.05) is 23.6 Å². The van der Waals surface area contributed by atoms with Crippen LogP contribution >= 0.6 is 11.3 Å². The Morgan fingerprint density at radius 2 is 1.96 bits per heavy atom. The smallest absolute Gasteiger partial charge is 0.312 e. The van der Waals surface area contributed by atoms with Crippen molar-refractivity contribution in [3.05, 3.63) is 40.6 Å². The highest BCUT2D eigenvalue weighted by Gasteiger charge is 2.44. The summed E-state index contributed by atoms with van der Waals surface area (Å²) in [6, 6.07) is 7.99. The molecule has 1 fully saturated rings. The van der Waals surface area contributed by atoms with Gasteiger partial charge in [-0.1, -0.05) is 6.07 Å². The molecule has 0 radical (unpaired) electrons. The fourth-order valence-electron chi connectivity index (χ4n) is 3.57. The molecule has 27 heavy (non-hydrogen) atoms. The van der Waals surface area contributed by atoms with Crippen LogP contribution in [0.3, 0.4) is 0 Å². The second kappa shape index (κ2) is 7.11. The number of anilines is 1. The van der Waals surface area contributed by atoms with E-state index in [4.69, 9.17) is 15.2 Å². The molecule has 2 aliphatic rings. The van der Waals surface area contributed by atoms with E-state index in [0.717, 1.165) is 30.6 Å². The summed E-state index contributed by atoms with van der Waals surface area (Å²) in [5.74, 6) is 0.610. The molecule has 8 heteroatoms. The average Bonchev–Trinajstić information content (AvgIpc) is 3.34. The number of amides is 3. The number of nitrogens with two attached hydrogens (primary N) is 1. The van der Waals surface area contributed by atoms with Crippen LogP contribution in [-0.4, -0.2) is 17.7 Å². The molecule has 2 aromatic rings. The Balaban J connectivity index is 1.42. The summed E-state index contributed by atoms with van der Waals surface area (Å²) < 4.78 is 12.0. The predicted molar refractivity (Wildman–Crippen MR) is 102 cm³/mol. The van der Waals surface area contributed by atoms with Gasteiger partial charge in [0.15, 0.2) is 11.5 Å². The van der Waals surface area contributed by atoms with Gasteiger partial charge in [0.2, 0.25) is 5.91 Å². The zero-order valence-electron chi connectivity index (χ0n) is 14.7. The van der Waals surface area contributed by atoms with Gasteiger partial charge in [-0.2, -0.15) is 0 Å².